The van der Waals surface area contributed by atoms with Crippen LogP contribution in [-0.2, 0) is 4.74 Å². The topological polar surface area (TPSA) is 48.4 Å². The molecule has 1 aromatic carbocycles. The lowest BCUT2D eigenvalue weighted by Crippen LogP contribution is -2.11. The number of carbonyl (C=O) groups excluding carboxylic acids is 1. The molecule has 0 saturated carbocycles. The van der Waals surface area contributed by atoms with Gasteiger partial charge >= 0.3 is 5.97 Å². The van der Waals surface area contributed by atoms with E-state index in [9.17, 15) is 4.79 Å². The number of benzene rings is 1. The summed E-state index contributed by atoms with van der Waals surface area (Å²) in [6, 6.07) is 13.1. The van der Waals surface area contributed by atoms with E-state index in [1.54, 1.807) is 12.1 Å². The van der Waals surface area contributed by atoms with E-state index in [1.807, 2.05) is 44.2 Å². The predicted molar refractivity (Wildman–Crippen MR) is 80.3 cm³/mol. The first kappa shape index (κ1) is 15.0. The SMILES string of the molecule is CCOc1ccc(C(=O)OC(CC)c2ccccc2)cn1. The van der Waals surface area contributed by atoms with Gasteiger partial charge in [0.1, 0.15) is 6.10 Å². The van der Waals surface area contributed by atoms with Crippen LogP contribution in [0.4, 0.5) is 0 Å². The molecule has 110 valence electrons. The summed E-state index contributed by atoms with van der Waals surface area (Å²) >= 11 is 0. The third kappa shape index (κ3) is 4.05. The van der Waals surface area contributed by atoms with Gasteiger partial charge < -0.3 is 9.47 Å². The molecule has 4 nitrogen and oxygen atoms in total. The molecule has 0 radical (unpaired) electrons. The van der Waals surface area contributed by atoms with Crippen LogP contribution in [0.15, 0.2) is 48.7 Å². The highest BCUT2D eigenvalue weighted by molar-refractivity contribution is 5.89. The van der Waals surface area contributed by atoms with Gasteiger partial charge in [-0.3, -0.25) is 0 Å². The van der Waals surface area contributed by atoms with Crippen molar-refractivity contribution in [1.82, 2.24) is 4.98 Å². The number of nitrogens with zero attached hydrogens (tertiary/aromatic N) is 1. The van der Waals surface area contributed by atoms with Crippen molar-refractivity contribution >= 4 is 5.97 Å². The molecule has 0 aliphatic rings. The summed E-state index contributed by atoms with van der Waals surface area (Å²) in [4.78, 5) is 16.2. The van der Waals surface area contributed by atoms with E-state index < -0.39 is 0 Å². The third-order valence-corrected chi connectivity index (χ3v) is 3.06. The predicted octanol–water partition coefficient (Wildman–Crippen LogP) is 3.79. The van der Waals surface area contributed by atoms with Gasteiger partial charge in [-0.2, -0.15) is 0 Å². The van der Waals surface area contributed by atoms with Gasteiger partial charge in [-0.05, 0) is 25.0 Å². The summed E-state index contributed by atoms with van der Waals surface area (Å²) in [5.41, 5.74) is 1.42. The number of aromatic nitrogens is 1. The van der Waals surface area contributed by atoms with E-state index in [0.29, 0.717) is 18.1 Å². The number of ether oxygens (including phenoxy) is 2. The number of esters is 1. The Morgan fingerprint density at radius 2 is 1.90 bits per heavy atom. The Morgan fingerprint density at radius 3 is 2.48 bits per heavy atom. The highest BCUT2D eigenvalue weighted by Gasteiger charge is 2.16. The minimum atomic E-state index is -0.374. The molecule has 2 aromatic rings. The molecule has 0 N–H and O–H groups in total. The van der Waals surface area contributed by atoms with Crippen LogP contribution in [0.1, 0.15) is 42.3 Å². The van der Waals surface area contributed by atoms with Gasteiger partial charge in [-0.15, -0.1) is 0 Å². The van der Waals surface area contributed by atoms with Crippen LogP contribution in [0, 0.1) is 0 Å². The molecule has 0 aliphatic carbocycles. The Kier molecular flexibility index (Phi) is 5.32. The number of pyridine rings is 1. The summed E-state index contributed by atoms with van der Waals surface area (Å²) in [6.45, 7) is 4.42. The van der Waals surface area contributed by atoms with Crippen molar-refractivity contribution in [1.29, 1.82) is 0 Å². The van der Waals surface area contributed by atoms with Gasteiger partial charge in [0, 0.05) is 12.3 Å². The summed E-state index contributed by atoms with van der Waals surface area (Å²) in [5.74, 6) is 0.130. The van der Waals surface area contributed by atoms with Gasteiger partial charge in [0.15, 0.2) is 0 Å². The van der Waals surface area contributed by atoms with Crippen LogP contribution in [-0.4, -0.2) is 17.6 Å². The lowest BCUT2D eigenvalue weighted by atomic mass is 10.1. The molecule has 0 spiro atoms. The molecule has 1 aromatic heterocycles. The average Bonchev–Trinajstić information content (AvgIpc) is 2.54. The second kappa shape index (κ2) is 7.43. The lowest BCUT2D eigenvalue weighted by molar-refractivity contribution is 0.0287. The van der Waals surface area contributed by atoms with E-state index in [-0.39, 0.29) is 12.1 Å². The van der Waals surface area contributed by atoms with E-state index in [2.05, 4.69) is 4.98 Å². The first-order chi connectivity index (χ1) is 10.2. The second-order valence-corrected chi connectivity index (χ2v) is 4.53. The van der Waals surface area contributed by atoms with Crippen LogP contribution < -0.4 is 4.74 Å². The van der Waals surface area contributed by atoms with Crippen molar-refractivity contribution in [3.8, 4) is 5.88 Å². The van der Waals surface area contributed by atoms with Crippen molar-refractivity contribution < 1.29 is 14.3 Å². The van der Waals surface area contributed by atoms with E-state index in [1.165, 1.54) is 6.20 Å². The maximum absolute atomic E-state index is 12.2. The van der Waals surface area contributed by atoms with Crippen LogP contribution in [0.25, 0.3) is 0 Å². The summed E-state index contributed by atoms with van der Waals surface area (Å²) in [5, 5.41) is 0. The molecule has 0 aliphatic heterocycles. The van der Waals surface area contributed by atoms with E-state index in [0.717, 1.165) is 12.0 Å². The monoisotopic (exact) mass is 285 g/mol. The van der Waals surface area contributed by atoms with Gasteiger partial charge in [0.05, 0.1) is 12.2 Å². The van der Waals surface area contributed by atoms with Crippen molar-refractivity contribution in [2.75, 3.05) is 6.61 Å². The average molecular weight is 285 g/mol. The fraction of sp³-hybridized carbons (Fsp3) is 0.294. The minimum Gasteiger partial charge on any atom is -0.478 e. The highest BCUT2D eigenvalue weighted by Crippen LogP contribution is 2.22. The fourth-order valence-electron chi connectivity index (χ4n) is 1.99. The number of rotatable bonds is 6. The zero-order chi connectivity index (χ0) is 15.1. The molecule has 4 heteroatoms. The van der Waals surface area contributed by atoms with Crippen LogP contribution in [0.3, 0.4) is 0 Å². The molecule has 0 bridgehead atoms. The van der Waals surface area contributed by atoms with Crippen LogP contribution in [0.5, 0.6) is 5.88 Å². The normalized spacial score (nSPS) is 11.7. The first-order valence-electron chi connectivity index (χ1n) is 7.09. The molecule has 0 amide bonds. The molecule has 1 unspecified atom stereocenters. The molecule has 2 rings (SSSR count). The number of hydrogen-bond acceptors (Lipinski definition) is 4. The maximum Gasteiger partial charge on any atom is 0.340 e. The van der Waals surface area contributed by atoms with E-state index in [4.69, 9.17) is 9.47 Å². The minimum absolute atomic E-state index is 0.245. The van der Waals surface area contributed by atoms with Gasteiger partial charge in [-0.25, -0.2) is 9.78 Å². The maximum atomic E-state index is 12.2. The highest BCUT2D eigenvalue weighted by atomic mass is 16.5. The number of carbonyl (C=O) groups is 1. The molecule has 0 fully saturated rings. The largest absolute Gasteiger partial charge is 0.478 e. The first-order valence-corrected chi connectivity index (χ1v) is 7.09. The number of hydrogen-bond donors (Lipinski definition) is 0. The summed E-state index contributed by atoms with van der Waals surface area (Å²) < 4.78 is 10.8. The Labute approximate surface area is 124 Å². The molecular formula is C17H19NO3. The van der Waals surface area contributed by atoms with Crippen molar-refractivity contribution in [3.63, 3.8) is 0 Å². The van der Waals surface area contributed by atoms with Crippen molar-refractivity contribution in [2.24, 2.45) is 0 Å². The molecular weight excluding hydrogens is 266 g/mol. The van der Waals surface area contributed by atoms with Crippen LogP contribution in [0.2, 0.25) is 0 Å². The molecule has 1 atom stereocenters. The molecule has 1 heterocycles. The summed E-state index contributed by atoms with van der Waals surface area (Å²) in [6.07, 6.45) is 1.95. The fourth-order valence-corrected chi connectivity index (χ4v) is 1.99. The third-order valence-electron chi connectivity index (χ3n) is 3.06. The Morgan fingerprint density at radius 1 is 1.14 bits per heavy atom. The Bertz CT molecular complexity index is 566. The summed E-state index contributed by atoms with van der Waals surface area (Å²) in [7, 11) is 0. The molecule has 0 saturated heterocycles. The van der Waals surface area contributed by atoms with Crippen LogP contribution >= 0.6 is 0 Å². The van der Waals surface area contributed by atoms with E-state index >= 15 is 0 Å². The van der Waals surface area contributed by atoms with Crippen molar-refractivity contribution in [2.45, 2.75) is 26.4 Å². The standard InChI is InChI=1S/C17H19NO3/c1-3-15(13-8-6-5-7-9-13)21-17(19)14-10-11-16(18-12-14)20-4-2/h5-12,15H,3-4H2,1-2H3. The smallest absolute Gasteiger partial charge is 0.340 e. The zero-order valence-corrected chi connectivity index (χ0v) is 12.3. The van der Waals surface area contributed by atoms with Gasteiger partial charge in [0.2, 0.25) is 5.88 Å². The van der Waals surface area contributed by atoms with Crippen molar-refractivity contribution in [3.05, 3.63) is 59.8 Å². The lowest BCUT2D eigenvalue weighted by Gasteiger charge is -2.16. The zero-order valence-electron chi connectivity index (χ0n) is 12.3. The Balaban J connectivity index is 2.05. The van der Waals surface area contributed by atoms with Gasteiger partial charge in [0.25, 0.3) is 0 Å². The Hall–Kier alpha value is -2.36. The second-order valence-electron chi connectivity index (χ2n) is 4.53. The van der Waals surface area contributed by atoms with Gasteiger partial charge in [-0.1, -0.05) is 37.3 Å². The molecule has 21 heavy (non-hydrogen) atoms. The quantitative estimate of drug-likeness (QED) is 0.758.